The Morgan fingerprint density at radius 1 is 1.27 bits per heavy atom. The van der Waals surface area contributed by atoms with E-state index in [-0.39, 0.29) is 0 Å². The highest BCUT2D eigenvalue weighted by atomic mass is 79.9. The summed E-state index contributed by atoms with van der Waals surface area (Å²) in [6.07, 6.45) is 1.48. The second kappa shape index (κ2) is 2.67. The lowest BCUT2D eigenvalue weighted by Crippen LogP contribution is -2.25. The Morgan fingerprint density at radius 2 is 2.07 bits per heavy atom. The Kier molecular flexibility index (Phi) is 1.56. The van der Waals surface area contributed by atoms with Crippen LogP contribution in [0.5, 0.6) is 0 Å². The first-order valence-electron chi connectivity index (χ1n) is 5.86. The summed E-state index contributed by atoms with van der Waals surface area (Å²) < 4.78 is 1.41. The van der Waals surface area contributed by atoms with Gasteiger partial charge in [-0.3, -0.25) is 0 Å². The van der Waals surface area contributed by atoms with E-state index in [1.165, 1.54) is 29.6 Å². The van der Waals surface area contributed by atoms with Crippen LogP contribution in [0.4, 0.5) is 0 Å². The fourth-order valence-corrected chi connectivity index (χ4v) is 5.39. The van der Waals surface area contributed by atoms with Crippen LogP contribution in [-0.4, -0.2) is 27.9 Å². The third-order valence-electron chi connectivity index (χ3n) is 4.77. The van der Waals surface area contributed by atoms with E-state index in [0.717, 1.165) is 22.8 Å². The molecule has 4 fully saturated rings. The topological polar surface area (TPSA) is 0 Å². The van der Waals surface area contributed by atoms with Gasteiger partial charge in [0.15, 0.2) is 6.04 Å². The van der Waals surface area contributed by atoms with Crippen molar-refractivity contribution >= 4 is 15.9 Å². The minimum atomic E-state index is 0.825. The van der Waals surface area contributed by atoms with E-state index in [9.17, 15) is 0 Å². The molecule has 2 heteroatoms. The van der Waals surface area contributed by atoms with Crippen LogP contribution in [-0.2, 0) is 6.54 Å². The van der Waals surface area contributed by atoms with Gasteiger partial charge < -0.3 is 4.48 Å². The number of quaternary nitrogens is 1. The summed E-state index contributed by atoms with van der Waals surface area (Å²) in [5.41, 5.74) is 1.52. The molecule has 0 N–H and O–H groups in total. The van der Waals surface area contributed by atoms with Gasteiger partial charge in [-0.2, -0.15) is 0 Å². The number of alkyl halides is 1. The predicted molar refractivity (Wildman–Crippen MR) is 63.7 cm³/mol. The molecule has 4 bridgehead atoms. The number of hydrogen-bond donors (Lipinski definition) is 0. The molecule has 3 saturated heterocycles. The molecule has 0 radical (unpaired) electrons. The highest BCUT2D eigenvalue weighted by molar-refractivity contribution is 9.09. The first kappa shape index (κ1) is 8.77. The van der Waals surface area contributed by atoms with Gasteiger partial charge in [0.2, 0.25) is 0 Å². The van der Waals surface area contributed by atoms with Gasteiger partial charge >= 0.3 is 0 Å². The molecule has 3 heterocycles. The van der Waals surface area contributed by atoms with Crippen molar-refractivity contribution in [3.05, 3.63) is 35.9 Å². The first-order chi connectivity index (χ1) is 7.31. The molecule has 1 aliphatic carbocycles. The number of rotatable bonds is 2. The molecule has 1 saturated carbocycles. The molecule has 1 aromatic carbocycles. The van der Waals surface area contributed by atoms with E-state index in [1.807, 2.05) is 0 Å². The van der Waals surface area contributed by atoms with Crippen LogP contribution in [0, 0.1) is 5.92 Å². The van der Waals surface area contributed by atoms with Crippen molar-refractivity contribution in [3.8, 4) is 0 Å². The van der Waals surface area contributed by atoms with Crippen LogP contribution < -0.4 is 0 Å². The Labute approximate surface area is 98.8 Å². The lowest BCUT2D eigenvalue weighted by atomic mass is 10.1. The SMILES string of the molecule is BrC1[C@H]2C[C@H]3[C@@H]1[N@@+]3(Cc1ccccc1)C2. The molecule has 0 spiro atoms. The maximum absolute atomic E-state index is 3.89. The average Bonchev–Trinajstić information content (AvgIpc) is 2.55. The third-order valence-corrected chi connectivity index (χ3v) is 6.06. The molecule has 78 valence electrons. The van der Waals surface area contributed by atoms with Crippen molar-refractivity contribution in [1.82, 2.24) is 0 Å². The summed E-state index contributed by atoms with van der Waals surface area (Å²) >= 11 is 3.89. The van der Waals surface area contributed by atoms with Crippen molar-refractivity contribution in [2.75, 3.05) is 6.54 Å². The lowest BCUT2D eigenvalue weighted by Gasteiger charge is -2.15. The van der Waals surface area contributed by atoms with E-state index in [1.54, 1.807) is 0 Å². The van der Waals surface area contributed by atoms with Gasteiger partial charge in [0.1, 0.15) is 12.6 Å². The van der Waals surface area contributed by atoms with Crippen LogP contribution in [0.2, 0.25) is 0 Å². The normalized spacial score (nSPS) is 49.7. The Morgan fingerprint density at radius 3 is 2.60 bits per heavy atom. The molecular weight excluding hydrogens is 250 g/mol. The second-order valence-corrected chi connectivity index (χ2v) is 6.48. The number of nitrogens with zero attached hydrogens (tertiary/aromatic N) is 1. The van der Waals surface area contributed by atoms with Gasteiger partial charge in [0.25, 0.3) is 0 Å². The quantitative estimate of drug-likeness (QED) is 0.438. The van der Waals surface area contributed by atoms with Gasteiger partial charge in [-0.1, -0.05) is 46.3 Å². The smallest absolute Gasteiger partial charge is 0.155 e. The van der Waals surface area contributed by atoms with Crippen LogP contribution >= 0.6 is 15.9 Å². The number of hydrogen-bond acceptors (Lipinski definition) is 0. The minimum Gasteiger partial charge on any atom is -0.304 e. The molecule has 15 heavy (non-hydrogen) atoms. The molecule has 3 aliphatic heterocycles. The number of benzene rings is 1. The fourth-order valence-electron chi connectivity index (χ4n) is 4.18. The number of halogens is 1. The zero-order chi connectivity index (χ0) is 10.0. The predicted octanol–water partition coefficient (Wildman–Crippen LogP) is 2.55. The zero-order valence-corrected chi connectivity index (χ0v) is 10.2. The van der Waals surface area contributed by atoms with Crippen molar-refractivity contribution < 1.29 is 4.48 Å². The van der Waals surface area contributed by atoms with Crippen LogP contribution in [0.3, 0.4) is 0 Å². The lowest BCUT2D eigenvalue weighted by molar-refractivity contribution is -0.823. The highest BCUT2D eigenvalue weighted by Gasteiger charge is 2.81. The summed E-state index contributed by atoms with van der Waals surface area (Å²) in [5.74, 6) is 0.976. The second-order valence-electron chi connectivity index (χ2n) is 5.43. The molecule has 1 nitrogen and oxygen atoms in total. The molecule has 0 aromatic heterocycles. The van der Waals surface area contributed by atoms with Gasteiger partial charge in [0, 0.05) is 17.9 Å². The standard InChI is InChI=1S/C13H15BrN/c14-12-10-6-11-13(12)15(11,8-10)7-9-4-2-1-3-5-9/h1-5,10-13H,6-8H2/q+1/t10-,11-,12?,13-,15-/m0/s1. The maximum Gasteiger partial charge on any atom is 0.155 e. The van der Waals surface area contributed by atoms with Crippen molar-refractivity contribution in [1.29, 1.82) is 0 Å². The summed E-state index contributed by atoms with van der Waals surface area (Å²) in [5, 5.41) is 0. The van der Waals surface area contributed by atoms with Crippen LogP contribution in [0.1, 0.15) is 12.0 Å². The molecule has 5 atom stereocenters. The Bertz CT molecular complexity index is 404. The van der Waals surface area contributed by atoms with Crippen LogP contribution in [0.15, 0.2) is 30.3 Å². The minimum absolute atomic E-state index is 0.825. The van der Waals surface area contributed by atoms with Crippen molar-refractivity contribution in [3.63, 3.8) is 0 Å². The Hall–Kier alpha value is -0.340. The monoisotopic (exact) mass is 264 g/mol. The summed E-state index contributed by atoms with van der Waals surface area (Å²) in [4.78, 5) is 0.825. The molecule has 0 amide bonds. The molecule has 4 aliphatic rings. The largest absolute Gasteiger partial charge is 0.304 e. The first-order valence-corrected chi connectivity index (χ1v) is 6.77. The Balaban J connectivity index is 1.63. The van der Waals surface area contributed by atoms with E-state index in [4.69, 9.17) is 0 Å². The molecular formula is C13H15BrN+. The zero-order valence-electron chi connectivity index (χ0n) is 8.64. The van der Waals surface area contributed by atoms with Crippen molar-refractivity contribution in [2.24, 2.45) is 5.92 Å². The van der Waals surface area contributed by atoms with Crippen LogP contribution in [0.25, 0.3) is 0 Å². The van der Waals surface area contributed by atoms with E-state index >= 15 is 0 Å². The summed E-state index contributed by atoms with van der Waals surface area (Å²) in [7, 11) is 0. The fraction of sp³-hybridized carbons (Fsp3) is 0.538. The number of piperidine rings is 3. The van der Waals surface area contributed by atoms with Gasteiger partial charge in [-0.05, 0) is 0 Å². The van der Waals surface area contributed by atoms with E-state index < -0.39 is 0 Å². The van der Waals surface area contributed by atoms with E-state index in [2.05, 4.69) is 46.3 Å². The maximum atomic E-state index is 3.89. The van der Waals surface area contributed by atoms with E-state index in [0.29, 0.717) is 0 Å². The average molecular weight is 265 g/mol. The van der Waals surface area contributed by atoms with Gasteiger partial charge in [-0.15, -0.1) is 0 Å². The highest BCUT2D eigenvalue weighted by Crippen LogP contribution is 2.64. The van der Waals surface area contributed by atoms with Gasteiger partial charge in [-0.25, -0.2) is 0 Å². The molecule has 1 aromatic rings. The van der Waals surface area contributed by atoms with Crippen molar-refractivity contribution in [2.45, 2.75) is 29.9 Å². The van der Waals surface area contributed by atoms with Gasteiger partial charge in [0.05, 0.1) is 11.4 Å². The summed E-state index contributed by atoms with van der Waals surface area (Å²) in [6.45, 7) is 2.70. The third kappa shape index (κ3) is 0.974. The summed E-state index contributed by atoms with van der Waals surface area (Å²) in [6, 6.07) is 13.0. The molecule has 1 unspecified atom stereocenters. The molecule has 5 rings (SSSR count).